The molecule has 0 radical (unpaired) electrons. The summed E-state index contributed by atoms with van der Waals surface area (Å²) < 4.78 is 27.1. The van der Waals surface area contributed by atoms with Crippen LogP contribution in [0.3, 0.4) is 0 Å². The summed E-state index contributed by atoms with van der Waals surface area (Å²) in [6, 6.07) is 9.97. The van der Waals surface area contributed by atoms with Crippen molar-refractivity contribution in [3.8, 4) is 0 Å². The molecule has 0 spiro atoms. The Bertz CT molecular complexity index is 664. The lowest BCUT2D eigenvalue weighted by Gasteiger charge is -2.32. The highest BCUT2D eigenvalue weighted by Crippen LogP contribution is 2.20. The second-order valence-corrected chi connectivity index (χ2v) is 8.68. The highest BCUT2D eigenvalue weighted by molar-refractivity contribution is 7.86. The van der Waals surface area contributed by atoms with Crippen LogP contribution in [0.25, 0.3) is 0 Å². The van der Waals surface area contributed by atoms with Crippen molar-refractivity contribution in [2.24, 2.45) is 5.92 Å². The van der Waals surface area contributed by atoms with Gasteiger partial charge >= 0.3 is 0 Å². The molecular formula is C17H28N4O3S. The fourth-order valence-electron chi connectivity index (χ4n) is 2.90. The number of anilines is 1. The Morgan fingerprint density at radius 3 is 2.56 bits per heavy atom. The van der Waals surface area contributed by atoms with Gasteiger partial charge < -0.3 is 10.2 Å². The second kappa shape index (κ2) is 8.64. The Morgan fingerprint density at radius 2 is 1.92 bits per heavy atom. The Balaban J connectivity index is 1.82. The molecule has 1 atom stereocenters. The van der Waals surface area contributed by atoms with Gasteiger partial charge in [0, 0.05) is 53.0 Å². The van der Waals surface area contributed by atoms with Crippen molar-refractivity contribution >= 4 is 21.8 Å². The number of hydrogen-bond donors (Lipinski definition) is 1. The van der Waals surface area contributed by atoms with Crippen molar-refractivity contribution < 1.29 is 13.2 Å². The normalized spacial score (nSPS) is 19.0. The van der Waals surface area contributed by atoms with Crippen molar-refractivity contribution in [3.05, 3.63) is 30.3 Å². The summed E-state index contributed by atoms with van der Waals surface area (Å²) in [5.41, 5.74) is 1.10. The Morgan fingerprint density at radius 1 is 1.24 bits per heavy atom. The molecule has 140 valence electrons. The molecule has 0 aromatic heterocycles. The van der Waals surface area contributed by atoms with E-state index in [0.29, 0.717) is 26.1 Å². The molecule has 25 heavy (non-hydrogen) atoms. The van der Waals surface area contributed by atoms with Crippen LogP contribution < -0.4 is 10.2 Å². The van der Waals surface area contributed by atoms with Gasteiger partial charge in [-0.25, -0.2) is 0 Å². The lowest BCUT2D eigenvalue weighted by atomic mass is 9.99. The number of para-hydroxylation sites is 1. The van der Waals surface area contributed by atoms with Crippen molar-refractivity contribution in [2.75, 3.05) is 52.2 Å². The van der Waals surface area contributed by atoms with Gasteiger partial charge in [-0.2, -0.15) is 17.0 Å². The molecule has 1 aromatic rings. The smallest absolute Gasteiger partial charge is 0.281 e. The minimum absolute atomic E-state index is 0.0693. The van der Waals surface area contributed by atoms with E-state index in [1.807, 2.05) is 37.4 Å². The van der Waals surface area contributed by atoms with Gasteiger partial charge in [-0.3, -0.25) is 4.79 Å². The van der Waals surface area contributed by atoms with Crippen LogP contribution in [0.15, 0.2) is 30.3 Å². The van der Waals surface area contributed by atoms with Crippen LogP contribution in [0.2, 0.25) is 0 Å². The molecule has 1 saturated heterocycles. The first-order valence-electron chi connectivity index (χ1n) is 8.54. The van der Waals surface area contributed by atoms with Crippen LogP contribution in [-0.2, 0) is 15.0 Å². The van der Waals surface area contributed by atoms with Gasteiger partial charge in [0.25, 0.3) is 10.2 Å². The molecule has 1 heterocycles. The number of carbonyl (C=O) groups excluding carboxylic acids is 1. The largest absolute Gasteiger partial charge is 0.373 e. The van der Waals surface area contributed by atoms with E-state index in [1.54, 1.807) is 0 Å². The highest BCUT2D eigenvalue weighted by atomic mass is 32.2. The Kier molecular flexibility index (Phi) is 6.80. The molecule has 0 bridgehead atoms. The third-order valence-corrected chi connectivity index (χ3v) is 6.39. The third kappa shape index (κ3) is 5.17. The summed E-state index contributed by atoms with van der Waals surface area (Å²) in [4.78, 5) is 14.5. The Hall–Kier alpha value is -1.64. The van der Waals surface area contributed by atoms with Crippen LogP contribution in [0.4, 0.5) is 5.69 Å². The number of rotatable bonds is 7. The highest BCUT2D eigenvalue weighted by Gasteiger charge is 2.33. The van der Waals surface area contributed by atoms with Crippen molar-refractivity contribution in [3.63, 3.8) is 0 Å². The number of likely N-dealkylation sites (N-methyl/N-ethyl adjacent to an activating group) is 1. The van der Waals surface area contributed by atoms with Gasteiger partial charge in [0.2, 0.25) is 5.91 Å². The predicted octanol–water partition coefficient (Wildman–Crippen LogP) is 0.757. The number of nitrogens with zero attached hydrogens (tertiary/aromatic N) is 3. The number of hydrogen-bond acceptors (Lipinski definition) is 4. The summed E-state index contributed by atoms with van der Waals surface area (Å²) in [5, 5.41) is 2.94. The van der Waals surface area contributed by atoms with E-state index in [2.05, 4.69) is 10.2 Å². The lowest BCUT2D eigenvalue weighted by Crippen LogP contribution is -2.49. The SMILES string of the molecule is CN(CCNC(=O)[C@H]1CCCN(S(=O)(=O)N(C)C)C1)c1ccccc1. The monoisotopic (exact) mass is 368 g/mol. The van der Waals surface area contributed by atoms with Gasteiger partial charge in [0.15, 0.2) is 0 Å². The molecular weight excluding hydrogens is 340 g/mol. The van der Waals surface area contributed by atoms with Crippen LogP contribution in [0.5, 0.6) is 0 Å². The number of piperidine rings is 1. The quantitative estimate of drug-likeness (QED) is 0.771. The van der Waals surface area contributed by atoms with E-state index in [4.69, 9.17) is 0 Å². The van der Waals surface area contributed by atoms with Crippen LogP contribution in [0, 0.1) is 5.92 Å². The molecule has 8 heteroatoms. The maximum absolute atomic E-state index is 12.4. The zero-order valence-corrected chi connectivity index (χ0v) is 16.0. The van der Waals surface area contributed by atoms with Gasteiger partial charge in [0.05, 0.1) is 5.92 Å². The molecule has 2 rings (SSSR count). The van der Waals surface area contributed by atoms with Gasteiger partial charge in [0.1, 0.15) is 0 Å². The van der Waals surface area contributed by atoms with E-state index < -0.39 is 10.2 Å². The predicted molar refractivity (Wildman–Crippen MR) is 99.6 cm³/mol. The number of nitrogens with one attached hydrogen (secondary N) is 1. The summed E-state index contributed by atoms with van der Waals surface area (Å²) in [6.45, 7) is 1.95. The average molecular weight is 369 g/mol. The van der Waals surface area contributed by atoms with Crippen LogP contribution >= 0.6 is 0 Å². The van der Waals surface area contributed by atoms with Crippen molar-refractivity contribution in [1.29, 1.82) is 0 Å². The van der Waals surface area contributed by atoms with Crippen molar-refractivity contribution in [2.45, 2.75) is 12.8 Å². The maximum Gasteiger partial charge on any atom is 0.281 e. The van der Waals surface area contributed by atoms with Gasteiger partial charge in [-0.1, -0.05) is 18.2 Å². The fraction of sp³-hybridized carbons (Fsp3) is 0.588. The second-order valence-electron chi connectivity index (χ2n) is 6.54. The van der Waals surface area contributed by atoms with Crippen molar-refractivity contribution in [1.82, 2.24) is 13.9 Å². The molecule has 1 aromatic carbocycles. The fourth-order valence-corrected chi connectivity index (χ4v) is 4.09. The summed E-state index contributed by atoms with van der Waals surface area (Å²) in [7, 11) is 1.55. The molecule has 1 aliphatic heterocycles. The molecule has 1 N–H and O–H groups in total. The zero-order valence-electron chi connectivity index (χ0n) is 15.2. The number of amides is 1. The topological polar surface area (TPSA) is 73.0 Å². The van der Waals surface area contributed by atoms with Crippen LogP contribution in [-0.4, -0.2) is 70.3 Å². The first-order chi connectivity index (χ1) is 11.8. The van der Waals surface area contributed by atoms with E-state index in [9.17, 15) is 13.2 Å². The first kappa shape index (κ1) is 19.7. The third-order valence-electron chi connectivity index (χ3n) is 4.49. The molecule has 1 aliphatic rings. The van der Waals surface area contributed by atoms with E-state index in [-0.39, 0.29) is 18.4 Å². The minimum atomic E-state index is -3.46. The van der Waals surface area contributed by atoms with E-state index >= 15 is 0 Å². The molecule has 1 amide bonds. The average Bonchev–Trinajstić information content (AvgIpc) is 2.62. The standard InChI is InChI=1S/C17H28N4O3S/c1-19(2)25(23,24)21-12-7-8-15(14-21)17(22)18-11-13-20(3)16-9-5-4-6-10-16/h4-6,9-10,15H,7-8,11-14H2,1-3H3,(H,18,22)/t15-/m0/s1. The van der Waals surface area contributed by atoms with E-state index in [0.717, 1.165) is 12.1 Å². The van der Waals surface area contributed by atoms with E-state index in [1.165, 1.54) is 22.7 Å². The molecule has 0 saturated carbocycles. The van der Waals surface area contributed by atoms with Crippen LogP contribution in [0.1, 0.15) is 12.8 Å². The van der Waals surface area contributed by atoms with Gasteiger partial charge in [-0.15, -0.1) is 0 Å². The summed E-state index contributed by atoms with van der Waals surface area (Å²) in [5.74, 6) is -0.356. The molecule has 0 aliphatic carbocycles. The summed E-state index contributed by atoms with van der Waals surface area (Å²) >= 11 is 0. The number of carbonyl (C=O) groups is 1. The first-order valence-corrected chi connectivity index (χ1v) is 9.93. The molecule has 7 nitrogen and oxygen atoms in total. The minimum Gasteiger partial charge on any atom is -0.373 e. The van der Waals surface area contributed by atoms with Gasteiger partial charge in [-0.05, 0) is 25.0 Å². The molecule has 1 fully saturated rings. The number of benzene rings is 1. The lowest BCUT2D eigenvalue weighted by molar-refractivity contribution is -0.126. The summed E-state index contributed by atoms with van der Waals surface area (Å²) in [6.07, 6.45) is 1.43. The Labute approximate surface area is 150 Å². The molecule has 0 unspecified atom stereocenters. The zero-order chi connectivity index (χ0) is 18.4. The maximum atomic E-state index is 12.4.